The van der Waals surface area contributed by atoms with Crippen LogP contribution in [0.15, 0.2) is 65.7 Å². The topological polar surface area (TPSA) is 75.2 Å². The Bertz CT molecular complexity index is 1500. The molecule has 0 radical (unpaired) electrons. The molecule has 0 bridgehead atoms. The Hall–Kier alpha value is -4.49. The summed E-state index contributed by atoms with van der Waals surface area (Å²) in [6.07, 6.45) is -6.79. The highest BCUT2D eigenvalue weighted by molar-refractivity contribution is 5.92. The first-order valence-corrected chi connectivity index (χ1v) is 14.4. The monoisotopic (exact) mass is 654 g/mol. The second kappa shape index (κ2) is 14.3. The predicted octanol–water partition coefficient (Wildman–Crippen LogP) is 8.79. The Balaban J connectivity index is 1.47. The van der Waals surface area contributed by atoms with Gasteiger partial charge >= 0.3 is 12.5 Å². The number of halogens is 7. The number of aliphatic imine (C=N–C) groups is 1. The Kier molecular flexibility index (Phi) is 10.7. The van der Waals surface area contributed by atoms with Crippen molar-refractivity contribution in [2.75, 3.05) is 28.8 Å². The molecular formula is C32H33F7N4O3. The number of ether oxygens (including phenoxy) is 2. The van der Waals surface area contributed by atoms with Crippen molar-refractivity contribution in [1.82, 2.24) is 0 Å². The lowest BCUT2D eigenvalue weighted by atomic mass is 9.79. The van der Waals surface area contributed by atoms with E-state index in [9.17, 15) is 35.5 Å². The largest absolute Gasteiger partial charge is 0.573 e. The molecule has 3 aromatic rings. The van der Waals surface area contributed by atoms with Gasteiger partial charge in [-0.1, -0.05) is 13.8 Å². The lowest BCUT2D eigenvalue weighted by molar-refractivity contribution is -0.274. The average molecular weight is 655 g/mol. The van der Waals surface area contributed by atoms with Gasteiger partial charge in [-0.3, -0.25) is 9.79 Å². The predicted molar refractivity (Wildman–Crippen MR) is 161 cm³/mol. The normalized spacial score (nSPS) is 18.4. The van der Waals surface area contributed by atoms with E-state index in [0.717, 1.165) is 25.3 Å². The van der Waals surface area contributed by atoms with Crippen LogP contribution in [0, 0.1) is 17.7 Å². The smallest absolute Gasteiger partial charge is 0.484 e. The molecule has 0 heterocycles. The van der Waals surface area contributed by atoms with Gasteiger partial charge in [0.2, 0.25) is 0 Å². The van der Waals surface area contributed by atoms with Crippen molar-refractivity contribution in [2.45, 2.75) is 51.7 Å². The highest BCUT2D eigenvalue weighted by Gasteiger charge is 2.34. The summed E-state index contributed by atoms with van der Waals surface area (Å²) in [6.45, 7) is 7.81. The van der Waals surface area contributed by atoms with Crippen LogP contribution < -0.4 is 25.0 Å². The van der Waals surface area contributed by atoms with Gasteiger partial charge in [-0.25, -0.2) is 4.39 Å². The number of rotatable bonds is 11. The number of nitrogens with one attached hydrogen (secondary N) is 2. The third kappa shape index (κ3) is 9.51. The van der Waals surface area contributed by atoms with Crippen LogP contribution in [0.2, 0.25) is 0 Å². The van der Waals surface area contributed by atoms with Crippen molar-refractivity contribution in [3.05, 3.63) is 72.0 Å². The molecule has 0 saturated heterocycles. The molecule has 4 rings (SSSR count). The van der Waals surface area contributed by atoms with Gasteiger partial charge in [-0.05, 0) is 92.4 Å². The van der Waals surface area contributed by atoms with Gasteiger partial charge in [0.1, 0.15) is 17.3 Å². The third-order valence-electron chi connectivity index (χ3n) is 7.49. The fourth-order valence-corrected chi connectivity index (χ4v) is 5.65. The van der Waals surface area contributed by atoms with Crippen molar-refractivity contribution in [1.29, 1.82) is 0 Å². The van der Waals surface area contributed by atoms with Crippen LogP contribution >= 0.6 is 0 Å². The molecule has 1 amide bonds. The van der Waals surface area contributed by atoms with E-state index in [1.54, 1.807) is 18.2 Å². The lowest BCUT2D eigenvalue weighted by Gasteiger charge is -2.41. The maximum atomic E-state index is 13.9. The van der Waals surface area contributed by atoms with Crippen LogP contribution in [0.5, 0.6) is 11.5 Å². The summed E-state index contributed by atoms with van der Waals surface area (Å²) in [5, 5.41) is 5.56. The van der Waals surface area contributed by atoms with Gasteiger partial charge in [0.25, 0.3) is 5.91 Å². The SMILES string of the molecule is C=Nc1cc(OCC(=O)Nc2ccc(C(F)(F)F)c(F)c2)ccc1N(CNc1ccc(OC(F)(F)F)cc1)C1CC(C)CC(C)C1. The fraction of sp³-hybridized carbons (Fsp3) is 0.375. The minimum atomic E-state index is -4.86. The number of anilines is 3. The number of carbonyl (C=O) groups is 1. The van der Waals surface area contributed by atoms with E-state index in [-0.39, 0.29) is 23.2 Å². The van der Waals surface area contributed by atoms with E-state index in [2.05, 4.69) is 45.8 Å². The zero-order chi connectivity index (χ0) is 33.6. The van der Waals surface area contributed by atoms with Crippen LogP contribution in [-0.4, -0.2) is 38.3 Å². The minimum absolute atomic E-state index is 0.0984. The van der Waals surface area contributed by atoms with Gasteiger partial charge in [-0.2, -0.15) is 13.2 Å². The van der Waals surface area contributed by atoms with Crippen molar-refractivity contribution >= 4 is 35.4 Å². The number of amides is 1. The molecule has 7 nitrogen and oxygen atoms in total. The lowest BCUT2D eigenvalue weighted by Crippen LogP contribution is -2.43. The van der Waals surface area contributed by atoms with E-state index >= 15 is 0 Å². The number of hydrogen-bond acceptors (Lipinski definition) is 6. The Morgan fingerprint density at radius 1 is 0.913 bits per heavy atom. The number of alkyl halides is 6. The van der Waals surface area contributed by atoms with Gasteiger partial charge in [0, 0.05) is 23.5 Å². The second-order valence-electron chi connectivity index (χ2n) is 11.3. The molecule has 0 spiro atoms. The molecule has 3 aromatic carbocycles. The molecule has 0 aliphatic heterocycles. The Labute approximate surface area is 261 Å². The number of carbonyl (C=O) groups excluding carboxylic acids is 1. The number of nitrogens with zero attached hydrogens (tertiary/aromatic N) is 2. The summed E-state index contributed by atoms with van der Waals surface area (Å²) < 4.78 is 99.5. The standard InChI is InChI=1S/C32H33F7N4O3/c1-19-12-20(2)14-23(13-19)43(18-41-21-4-7-24(8-5-21)46-32(37,38)39)29-11-9-25(16-28(29)40-3)45-17-30(44)42-22-6-10-26(27(33)15-22)31(34,35)36/h4-11,15-16,19-20,23,41H,3,12-14,17-18H2,1-2H3,(H,42,44). The molecule has 1 aliphatic rings. The van der Waals surface area contributed by atoms with Crippen LogP contribution in [0.4, 0.5) is 53.5 Å². The second-order valence-corrected chi connectivity index (χ2v) is 11.3. The molecule has 1 aliphatic carbocycles. The van der Waals surface area contributed by atoms with Crippen molar-refractivity contribution in [2.24, 2.45) is 16.8 Å². The molecule has 2 atom stereocenters. The molecule has 0 aromatic heterocycles. The molecule has 2 N–H and O–H groups in total. The van der Waals surface area contributed by atoms with Crippen LogP contribution in [0.1, 0.15) is 38.7 Å². The highest BCUT2D eigenvalue weighted by atomic mass is 19.4. The van der Waals surface area contributed by atoms with Gasteiger partial charge in [-0.15, -0.1) is 13.2 Å². The zero-order valence-electron chi connectivity index (χ0n) is 25.0. The Morgan fingerprint density at radius 2 is 1.54 bits per heavy atom. The summed E-state index contributed by atoms with van der Waals surface area (Å²) >= 11 is 0. The summed E-state index contributed by atoms with van der Waals surface area (Å²) in [6, 6.07) is 12.5. The number of hydrogen-bond donors (Lipinski definition) is 2. The molecule has 1 fully saturated rings. The minimum Gasteiger partial charge on any atom is -0.484 e. The summed E-state index contributed by atoms with van der Waals surface area (Å²) in [7, 11) is 0. The molecule has 14 heteroatoms. The van der Waals surface area contributed by atoms with Crippen molar-refractivity contribution < 1.29 is 45.0 Å². The van der Waals surface area contributed by atoms with Crippen molar-refractivity contribution in [3.8, 4) is 11.5 Å². The van der Waals surface area contributed by atoms with Gasteiger partial charge < -0.3 is 25.0 Å². The van der Waals surface area contributed by atoms with E-state index in [0.29, 0.717) is 47.7 Å². The molecule has 2 unspecified atom stereocenters. The van der Waals surface area contributed by atoms with Gasteiger partial charge in [0.05, 0.1) is 23.6 Å². The zero-order valence-corrected chi connectivity index (χ0v) is 25.0. The van der Waals surface area contributed by atoms with E-state index in [1.165, 1.54) is 24.3 Å². The van der Waals surface area contributed by atoms with Crippen LogP contribution in [0.3, 0.4) is 0 Å². The molecule has 1 saturated carbocycles. The van der Waals surface area contributed by atoms with E-state index < -0.39 is 36.4 Å². The first-order valence-electron chi connectivity index (χ1n) is 14.4. The highest BCUT2D eigenvalue weighted by Crippen LogP contribution is 2.39. The third-order valence-corrected chi connectivity index (χ3v) is 7.49. The first-order chi connectivity index (χ1) is 21.6. The quantitative estimate of drug-likeness (QED) is 0.123. The summed E-state index contributed by atoms with van der Waals surface area (Å²) in [4.78, 5) is 18.7. The van der Waals surface area contributed by atoms with Crippen LogP contribution in [-0.2, 0) is 11.0 Å². The van der Waals surface area contributed by atoms with Crippen molar-refractivity contribution in [3.63, 3.8) is 0 Å². The maximum Gasteiger partial charge on any atom is 0.573 e. The van der Waals surface area contributed by atoms with Gasteiger partial charge in [0.15, 0.2) is 6.61 Å². The molecule has 46 heavy (non-hydrogen) atoms. The molecule has 248 valence electrons. The number of benzene rings is 3. The average Bonchev–Trinajstić information content (AvgIpc) is 2.95. The maximum absolute atomic E-state index is 13.9. The van der Waals surface area contributed by atoms with E-state index in [4.69, 9.17) is 4.74 Å². The first kappa shape index (κ1) is 34.4. The van der Waals surface area contributed by atoms with E-state index in [1.807, 2.05) is 0 Å². The fourth-order valence-electron chi connectivity index (χ4n) is 5.65. The summed E-state index contributed by atoms with van der Waals surface area (Å²) in [5.74, 6) is -1.41. The summed E-state index contributed by atoms with van der Waals surface area (Å²) in [5.41, 5.74) is 0.126. The Morgan fingerprint density at radius 3 is 2.13 bits per heavy atom. The van der Waals surface area contributed by atoms with Crippen LogP contribution in [0.25, 0.3) is 0 Å². The molecular weight excluding hydrogens is 621 g/mol.